The molecule has 0 spiro atoms. The molecule has 0 amide bonds. The standard InChI is InChI=1S/C15H26N2O3S/c1-5-11(3)17(6-2)21(18,19)15-9-14(20-12(15)4)10-16-13-7-8-13/h9,11,13,16H,5-8,10H2,1-4H3. The first-order valence-corrected chi connectivity index (χ1v) is 9.18. The van der Waals surface area contributed by atoms with Gasteiger partial charge in [0.2, 0.25) is 10.0 Å². The zero-order chi connectivity index (χ0) is 15.6. The summed E-state index contributed by atoms with van der Waals surface area (Å²) in [6, 6.07) is 2.23. The molecule has 1 N–H and O–H groups in total. The van der Waals surface area contributed by atoms with Crippen LogP contribution < -0.4 is 5.32 Å². The van der Waals surface area contributed by atoms with Crippen molar-refractivity contribution < 1.29 is 12.8 Å². The van der Waals surface area contributed by atoms with Crippen molar-refractivity contribution in [1.82, 2.24) is 9.62 Å². The molecule has 0 radical (unpaired) electrons. The normalized spacial score (nSPS) is 17.4. The van der Waals surface area contributed by atoms with E-state index in [1.54, 1.807) is 17.3 Å². The minimum atomic E-state index is -3.48. The summed E-state index contributed by atoms with van der Waals surface area (Å²) < 4.78 is 32.8. The van der Waals surface area contributed by atoms with Crippen molar-refractivity contribution in [2.75, 3.05) is 6.54 Å². The van der Waals surface area contributed by atoms with Crippen LogP contribution in [0.5, 0.6) is 0 Å². The summed E-state index contributed by atoms with van der Waals surface area (Å²) in [6.45, 7) is 8.59. The lowest BCUT2D eigenvalue weighted by Crippen LogP contribution is -2.38. The van der Waals surface area contributed by atoms with Crippen molar-refractivity contribution in [2.24, 2.45) is 0 Å². The highest BCUT2D eigenvalue weighted by Crippen LogP contribution is 2.26. The van der Waals surface area contributed by atoms with Gasteiger partial charge in [-0.2, -0.15) is 4.31 Å². The van der Waals surface area contributed by atoms with Gasteiger partial charge < -0.3 is 9.73 Å². The fourth-order valence-corrected chi connectivity index (χ4v) is 4.35. The third-order valence-electron chi connectivity index (χ3n) is 4.05. The Morgan fingerprint density at radius 2 is 2.10 bits per heavy atom. The highest BCUT2D eigenvalue weighted by Gasteiger charge is 2.30. The van der Waals surface area contributed by atoms with E-state index in [9.17, 15) is 8.42 Å². The van der Waals surface area contributed by atoms with E-state index in [1.807, 2.05) is 20.8 Å². The molecule has 6 heteroatoms. The van der Waals surface area contributed by atoms with Crippen molar-refractivity contribution in [3.05, 3.63) is 17.6 Å². The van der Waals surface area contributed by atoms with Gasteiger partial charge in [-0.25, -0.2) is 8.42 Å². The van der Waals surface area contributed by atoms with E-state index in [1.165, 1.54) is 12.8 Å². The summed E-state index contributed by atoms with van der Waals surface area (Å²) in [6.07, 6.45) is 3.19. The molecule has 1 aliphatic carbocycles. The molecule has 1 heterocycles. The molecule has 1 atom stereocenters. The van der Waals surface area contributed by atoms with Crippen molar-refractivity contribution in [3.8, 4) is 0 Å². The third-order valence-corrected chi connectivity index (χ3v) is 6.24. The quantitative estimate of drug-likeness (QED) is 0.801. The van der Waals surface area contributed by atoms with E-state index in [0.29, 0.717) is 35.5 Å². The van der Waals surface area contributed by atoms with E-state index < -0.39 is 10.0 Å². The van der Waals surface area contributed by atoms with Crippen LogP contribution in [0.2, 0.25) is 0 Å². The molecule has 1 saturated carbocycles. The first-order chi connectivity index (χ1) is 9.90. The summed E-state index contributed by atoms with van der Waals surface area (Å²) >= 11 is 0. The van der Waals surface area contributed by atoms with Gasteiger partial charge in [-0.05, 0) is 33.1 Å². The average molecular weight is 314 g/mol. The van der Waals surface area contributed by atoms with Gasteiger partial charge >= 0.3 is 0 Å². The third kappa shape index (κ3) is 3.67. The van der Waals surface area contributed by atoms with Crippen LogP contribution in [-0.2, 0) is 16.6 Å². The van der Waals surface area contributed by atoms with Gasteiger partial charge in [0.25, 0.3) is 0 Å². The van der Waals surface area contributed by atoms with Gasteiger partial charge in [0.05, 0.1) is 6.54 Å². The first kappa shape index (κ1) is 16.5. The smallest absolute Gasteiger partial charge is 0.246 e. The molecule has 0 aromatic carbocycles. The van der Waals surface area contributed by atoms with Gasteiger partial charge in [-0.1, -0.05) is 13.8 Å². The van der Waals surface area contributed by atoms with Crippen LogP contribution in [0.4, 0.5) is 0 Å². The molecule has 0 aliphatic heterocycles. The van der Waals surface area contributed by atoms with E-state index in [0.717, 1.165) is 6.42 Å². The molecule has 1 fully saturated rings. The number of nitrogens with zero attached hydrogens (tertiary/aromatic N) is 1. The van der Waals surface area contributed by atoms with Gasteiger partial charge in [0.15, 0.2) is 0 Å². The van der Waals surface area contributed by atoms with Crippen LogP contribution in [0.15, 0.2) is 15.4 Å². The fourth-order valence-electron chi connectivity index (χ4n) is 2.45. The van der Waals surface area contributed by atoms with Crippen molar-refractivity contribution in [2.45, 2.75) is 70.5 Å². The molecule has 1 aromatic rings. The summed E-state index contributed by atoms with van der Waals surface area (Å²) in [7, 11) is -3.48. The molecule has 1 unspecified atom stereocenters. The Morgan fingerprint density at radius 1 is 1.43 bits per heavy atom. The summed E-state index contributed by atoms with van der Waals surface area (Å²) in [5, 5.41) is 3.34. The maximum Gasteiger partial charge on any atom is 0.246 e. The van der Waals surface area contributed by atoms with Crippen molar-refractivity contribution >= 4 is 10.0 Å². The average Bonchev–Trinajstić information content (AvgIpc) is 3.18. The molecule has 1 aromatic heterocycles. The number of hydrogen-bond donors (Lipinski definition) is 1. The molecule has 5 nitrogen and oxygen atoms in total. The molecule has 21 heavy (non-hydrogen) atoms. The zero-order valence-electron chi connectivity index (χ0n) is 13.3. The Kier molecular flexibility index (Phi) is 5.11. The Morgan fingerprint density at radius 3 is 2.62 bits per heavy atom. The Labute approximate surface area is 127 Å². The highest BCUT2D eigenvalue weighted by molar-refractivity contribution is 7.89. The predicted molar refractivity (Wildman–Crippen MR) is 82.6 cm³/mol. The van der Waals surface area contributed by atoms with E-state index in [4.69, 9.17) is 4.42 Å². The number of aryl methyl sites for hydroxylation is 1. The summed E-state index contributed by atoms with van der Waals surface area (Å²) in [5.74, 6) is 1.17. The second kappa shape index (κ2) is 6.50. The lowest BCUT2D eigenvalue weighted by molar-refractivity contribution is 0.341. The van der Waals surface area contributed by atoms with E-state index in [-0.39, 0.29) is 6.04 Å². The number of hydrogen-bond acceptors (Lipinski definition) is 4. The van der Waals surface area contributed by atoms with Gasteiger partial charge in [0.1, 0.15) is 16.4 Å². The van der Waals surface area contributed by atoms with Crippen LogP contribution in [-0.4, -0.2) is 31.4 Å². The van der Waals surface area contributed by atoms with Gasteiger partial charge in [-0.3, -0.25) is 0 Å². The maximum atomic E-state index is 12.8. The lowest BCUT2D eigenvalue weighted by Gasteiger charge is -2.25. The number of furan rings is 1. The van der Waals surface area contributed by atoms with Crippen LogP contribution in [0.3, 0.4) is 0 Å². The minimum Gasteiger partial charge on any atom is -0.464 e. The molecule has 2 rings (SSSR count). The zero-order valence-corrected chi connectivity index (χ0v) is 14.2. The van der Waals surface area contributed by atoms with Gasteiger partial charge in [-0.15, -0.1) is 0 Å². The lowest BCUT2D eigenvalue weighted by atomic mass is 10.3. The maximum absolute atomic E-state index is 12.8. The predicted octanol–water partition coefficient (Wildman–Crippen LogP) is 2.65. The highest BCUT2D eigenvalue weighted by atomic mass is 32.2. The second-order valence-corrected chi connectivity index (χ2v) is 7.61. The van der Waals surface area contributed by atoms with Crippen LogP contribution in [0.1, 0.15) is 51.6 Å². The molecular weight excluding hydrogens is 288 g/mol. The molecule has 1 aliphatic rings. The summed E-state index contributed by atoms with van der Waals surface area (Å²) in [4.78, 5) is 0.303. The van der Waals surface area contributed by atoms with E-state index in [2.05, 4.69) is 5.32 Å². The van der Waals surface area contributed by atoms with E-state index >= 15 is 0 Å². The number of nitrogens with one attached hydrogen (secondary N) is 1. The monoisotopic (exact) mass is 314 g/mol. The van der Waals surface area contributed by atoms with Crippen molar-refractivity contribution in [3.63, 3.8) is 0 Å². The fraction of sp³-hybridized carbons (Fsp3) is 0.733. The topological polar surface area (TPSA) is 62.6 Å². The van der Waals surface area contributed by atoms with Crippen LogP contribution >= 0.6 is 0 Å². The van der Waals surface area contributed by atoms with Gasteiger partial charge in [0, 0.05) is 24.7 Å². The first-order valence-electron chi connectivity index (χ1n) is 7.74. The Balaban J connectivity index is 2.21. The Bertz CT molecular complexity index is 576. The van der Waals surface area contributed by atoms with Crippen LogP contribution in [0.25, 0.3) is 0 Å². The Hall–Kier alpha value is -0.850. The molecule has 0 bridgehead atoms. The number of sulfonamides is 1. The van der Waals surface area contributed by atoms with Crippen molar-refractivity contribution in [1.29, 1.82) is 0 Å². The second-order valence-electron chi connectivity index (χ2n) is 5.75. The minimum absolute atomic E-state index is 0.0117. The largest absolute Gasteiger partial charge is 0.464 e. The molecular formula is C15H26N2O3S. The molecule has 120 valence electrons. The van der Waals surface area contributed by atoms with Crippen LogP contribution in [0, 0.1) is 6.92 Å². The number of rotatable bonds is 8. The molecule has 0 saturated heterocycles. The summed E-state index contributed by atoms with van der Waals surface area (Å²) in [5.41, 5.74) is 0. The SMILES string of the molecule is CCC(C)N(CC)S(=O)(=O)c1cc(CNC2CC2)oc1C.